The summed E-state index contributed by atoms with van der Waals surface area (Å²) < 4.78 is 32.3. The number of carbonyl (C=O) groups excluding carboxylic acids is 1. The topological polar surface area (TPSA) is 32.8 Å². The Kier molecular flexibility index (Phi) is 4.38. The van der Waals surface area contributed by atoms with E-state index in [9.17, 15) is 13.6 Å². The summed E-state index contributed by atoms with van der Waals surface area (Å²) in [6.45, 7) is 2.44. The monoisotopic (exact) mass is 372 g/mol. The fourth-order valence-electron chi connectivity index (χ4n) is 4.22. The zero-order chi connectivity index (χ0) is 19.2. The lowest BCUT2D eigenvalue weighted by molar-refractivity contribution is 0.0978. The van der Waals surface area contributed by atoms with E-state index in [2.05, 4.69) is 11.9 Å². The smallest absolute Gasteiger partial charge is 0.258 e. The van der Waals surface area contributed by atoms with Gasteiger partial charge in [0.05, 0.1) is 7.11 Å². The number of methoxy groups -OCH3 is 1. The molecule has 0 N–H and O–H groups in total. The van der Waals surface area contributed by atoms with Crippen LogP contribution >= 0.6 is 0 Å². The van der Waals surface area contributed by atoms with E-state index in [0.29, 0.717) is 6.54 Å². The van der Waals surface area contributed by atoms with Crippen molar-refractivity contribution in [2.45, 2.75) is 18.3 Å². The molecule has 2 aliphatic heterocycles. The summed E-state index contributed by atoms with van der Waals surface area (Å²) in [4.78, 5) is 17.1. The summed E-state index contributed by atoms with van der Waals surface area (Å²) in [5.41, 5.74) is 1.95. The Balaban J connectivity index is 1.75. The highest BCUT2D eigenvalue weighted by atomic mass is 19.2. The number of hydrogen-bond acceptors (Lipinski definition) is 3. The standard InChI is InChI=1S/C21H22F2N2O2/c1-24-9-7-21(8-10-24)13-25(19-6-4-15(27-2)12-16(19)21)20(26)14-3-5-17(22)18(23)11-14/h3-6,11-12H,7-10,13H2,1-2H3. The number of benzene rings is 2. The minimum absolute atomic E-state index is 0.134. The third-order valence-electron chi connectivity index (χ3n) is 5.88. The average molecular weight is 372 g/mol. The van der Waals surface area contributed by atoms with Crippen molar-refractivity contribution < 1.29 is 18.3 Å². The van der Waals surface area contributed by atoms with Gasteiger partial charge in [0.25, 0.3) is 5.91 Å². The van der Waals surface area contributed by atoms with Gasteiger partial charge < -0.3 is 14.5 Å². The number of halogens is 2. The largest absolute Gasteiger partial charge is 0.497 e. The van der Waals surface area contributed by atoms with Crippen molar-refractivity contribution >= 4 is 11.6 Å². The summed E-state index contributed by atoms with van der Waals surface area (Å²) in [7, 11) is 3.72. The Morgan fingerprint density at radius 2 is 1.81 bits per heavy atom. The third-order valence-corrected chi connectivity index (χ3v) is 5.88. The molecule has 6 heteroatoms. The predicted molar refractivity (Wildman–Crippen MR) is 99.4 cm³/mol. The van der Waals surface area contributed by atoms with Crippen molar-refractivity contribution in [2.24, 2.45) is 0 Å². The van der Waals surface area contributed by atoms with Gasteiger partial charge in [0.2, 0.25) is 0 Å². The Morgan fingerprint density at radius 1 is 1.07 bits per heavy atom. The maximum absolute atomic E-state index is 13.6. The fraction of sp³-hybridized carbons (Fsp3) is 0.381. The zero-order valence-corrected chi connectivity index (χ0v) is 15.5. The first-order chi connectivity index (χ1) is 12.9. The molecule has 2 aromatic rings. The van der Waals surface area contributed by atoms with Gasteiger partial charge in [-0.2, -0.15) is 0 Å². The maximum Gasteiger partial charge on any atom is 0.258 e. The number of rotatable bonds is 2. The van der Waals surface area contributed by atoms with Crippen molar-refractivity contribution in [1.29, 1.82) is 0 Å². The fourth-order valence-corrected chi connectivity index (χ4v) is 4.22. The first kappa shape index (κ1) is 17.9. The van der Waals surface area contributed by atoms with E-state index in [1.807, 2.05) is 18.2 Å². The summed E-state index contributed by atoms with van der Waals surface area (Å²) in [5.74, 6) is -1.51. The quantitative estimate of drug-likeness (QED) is 0.808. The molecular weight excluding hydrogens is 350 g/mol. The van der Waals surface area contributed by atoms with E-state index in [0.717, 1.165) is 55.1 Å². The molecule has 4 nitrogen and oxygen atoms in total. The molecule has 142 valence electrons. The molecule has 0 atom stereocenters. The lowest BCUT2D eigenvalue weighted by Crippen LogP contribution is -2.44. The van der Waals surface area contributed by atoms with E-state index in [4.69, 9.17) is 4.74 Å². The first-order valence-corrected chi connectivity index (χ1v) is 9.07. The lowest BCUT2D eigenvalue weighted by atomic mass is 9.74. The van der Waals surface area contributed by atoms with E-state index in [1.165, 1.54) is 6.07 Å². The van der Waals surface area contributed by atoms with Crippen LogP contribution in [0.15, 0.2) is 36.4 Å². The SMILES string of the molecule is COc1ccc2c(c1)C1(CCN(C)CC1)CN2C(=O)c1ccc(F)c(F)c1. The van der Waals surface area contributed by atoms with Crippen LogP contribution in [0.4, 0.5) is 14.5 Å². The number of piperidine rings is 1. The second kappa shape index (κ2) is 6.60. The van der Waals surface area contributed by atoms with Gasteiger partial charge in [-0.25, -0.2) is 8.78 Å². The van der Waals surface area contributed by atoms with Gasteiger partial charge in [0.1, 0.15) is 5.75 Å². The van der Waals surface area contributed by atoms with E-state index < -0.39 is 11.6 Å². The number of nitrogens with zero attached hydrogens (tertiary/aromatic N) is 2. The molecular formula is C21H22F2N2O2. The van der Waals surface area contributed by atoms with Crippen molar-refractivity contribution in [3.05, 3.63) is 59.2 Å². The highest BCUT2D eigenvalue weighted by Gasteiger charge is 2.46. The minimum Gasteiger partial charge on any atom is -0.497 e. The summed E-state index contributed by atoms with van der Waals surface area (Å²) in [6.07, 6.45) is 1.87. The Bertz CT molecular complexity index is 892. The molecule has 0 bridgehead atoms. The number of hydrogen-bond donors (Lipinski definition) is 0. The molecule has 0 radical (unpaired) electrons. The zero-order valence-electron chi connectivity index (χ0n) is 15.5. The number of fused-ring (bicyclic) bond motifs is 2. The second-order valence-corrected chi connectivity index (χ2v) is 7.49. The molecule has 4 rings (SSSR count). The number of ether oxygens (including phenoxy) is 1. The Morgan fingerprint density at radius 3 is 2.48 bits per heavy atom. The van der Waals surface area contributed by atoms with Gasteiger partial charge in [-0.1, -0.05) is 0 Å². The van der Waals surface area contributed by atoms with Crippen LogP contribution in [-0.2, 0) is 5.41 Å². The number of amides is 1. The van der Waals surface area contributed by atoms with Crippen LogP contribution in [0.2, 0.25) is 0 Å². The van der Waals surface area contributed by atoms with Gasteiger partial charge in [0, 0.05) is 23.2 Å². The van der Waals surface area contributed by atoms with Crippen LogP contribution in [0, 0.1) is 11.6 Å². The Hall–Kier alpha value is -2.47. The average Bonchev–Trinajstić information content (AvgIpc) is 2.99. The normalized spacial score (nSPS) is 18.6. The molecule has 2 aliphatic rings. The van der Waals surface area contributed by atoms with Gasteiger partial charge in [-0.15, -0.1) is 0 Å². The van der Waals surface area contributed by atoms with Crippen LogP contribution < -0.4 is 9.64 Å². The summed E-state index contributed by atoms with van der Waals surface area (Å²) in [6, 6.07) is 9.04. The van der Waals surface area contributed by atoms with E-state index in [1.54, 1.807) is 12.0 Å². The highest BCUT2D eigenvalue weighted by molar-refractivity contribution is 6.07. The van der Waals surface area contributed by atoms with Crippen molar-refractivity contribution in [2.75, 3.05) is 38.7 Å². The molecule has 1 saturated heterocycles. The van der Waals surface area contributed by atoms with Crippen LogP contribution in [0.1, 0.15) is 28.8 Å². The molecule has 0 unspecified atom stereocenters. The lowest BCUT2D eigenvalue weighted by Gasteiger charge is -2.38. The van der Waals surface area contributed by atoms with Crippen molar-refractivity contribution in [3.63, 3.8) is 0 Å². The second-order valence-electron chi connectivity index (χ2n) is 7.49. The first-order valence-electron chi connectivity index (χ1n) is 9.07. The third kappa shape index (κ3) is 2.98. The molecule has 0 aromatic heterocycles. The summed E-state index contributed by atoms with van der Waals surface area (Å²) >= 11 is 0. The minimum atomic E-state index is -1.01. The van der Waals surface area contributed by atoms with Gasteiger partial charge in [-0.3, -0.25) is 4.79 Å². The number of anilines is 1. The van der Waals surface area contributed by atoms with E-state index >= 15 is 0 Å². The molecule has 1 fully saturated rings. The van der Waals surface area contributed by atoms with Gasteiger partial charge >= 0.3 is 0 Å². The number of carbonyl (C=O) groups is 1. The summed E-state index contributed by atoms with van der Waals surface area (Å²) in [5, 5.41) is 0. The molecule has 1 amide bonds. The highest BCUT2D eigenvalue weighted by Crippen LogP contribution is 2.48. The Labute approximate surface area is 157 Å². The van der Waals surface area contributed by atoms with Crippen LogP contribution in [0.25, 0.3) is 0 Å². The molecule has 2 aromatic carbocycles. The molecule has 2 heterocycles. The molecule has 1 spiro atoms. The van der Waals surface area contributed by atoms with Crippen molar-refractivity contribution in [3.8, 4) is 5.75 Å². The predicted octanol–water partition coefficient (Wildman–Crippen LogP) is 3.60. The van der Waals surface area contributed by atoms with Crippen LogP contribution in [0.5, 0.6) is 5.75 Å². The van der Waals surface area contributed by atoms with Crippen LogP contribution in [-0.4, -0.2) is 44.6 Å². The molecule has 0 saturated carbocycles. The molecule has 0 aliphatic carbocycles. The van der Waals surface area contributed by atoms with Gasteiger partial charge in [0.15, 0.2) is 11.6 Å². The van der Waals surface area contributed by atoms with E-state index in [-0.39, 0.29) is 16.9 Å². The maximum atomic E-state index is 13.6. The van der Waals surface area contributed by atoms with Crippen LogP contribution in [0.3, 0.4) is 0 Å². The number of likely N-dealkylation sites (tertiary alicyclic amines) is 1. The van der Waals surface area contributed by atoms with Gasteiger partial charge in [-0.05, 0) is 74.9 Å². The van der Waals surface area contributed by atoms with Crippen molar-refractivity contribution in [1.82, 2.24) is 4.90 Å². The molecule has 27 heavy (non-hydrogen) atoms.